The summed E-state index contributed by atoms with van der Waals surface area (Å²) in [6.45, 7) is 3.98. The Morgan fingerprint density at radius 2 is 1.72 bits per heavy atom. The minimum atomic E-state index is -0.493. The van der Waals surface area contributed by atoms with E-state index in [1.165, 1.54) is 12.1 Å². The van der Waals surface area contributed by atoms with Gasteiger partial charge in [-0.3, -0.25) is 24.6 Å². The summed E-state index contributed by atoms with van der Waals surface area (Å²) in [5.74, 6) is -0.380. The SMILES string of the molecule is Cc1cc(/C=C2/SC(=O)N(Cc3ccc([N+](=O)[O-])cc3)C2=O)c(C)n1-c1ccc(Cl)cc1. The lowest BCUT2D eigenvalue weighted by Gasteiger charge is -2.12. The molecule has 0 atom stereocenters. The predicted molar refractivity (Wildman–Crippen MR) is 125 cm³/mol. The van der Waals surface area contributed by atoms with E-state index in [1.54, 1.807) is 18.2 Å². The topological polar surface area (TPSA) is 85.5 Å². The lowest BCUT2D eigenvalue weighted by atomic mass is 10.2. The number of aryl methyl sites for hydroxylation is 1. The van der Waals surface area contributed by atoms with Crippen LogP contribution in [0.25, 0.3) is 11.8 Å². The summed E-state index contributed by atoms with van der Waals surface area (Å²) >= 11 is 6.88. The van der Waals surface area contributed by atoms with Crippen LogP contribution in [0.3, 0.4) is 0 Å². The van der Waals surface area contributed by atoms with Crippen molar-refractivity contribution < 1.29 is 14.5 Å². The lowest BCUT2D eigenvalue weighted by Crippen LogP contribution is -2.27. The number of benzene rings is 2. The van der Waals surface area contributed by atoms with E-state index in [-0.39, 0.29) is 23.4 Å². The number of rotatable bonds is 5. The summed E-state index contributed by atoms with van der Waals surface area (Å²) in [6, 6.07) is 15.3. The summed E-state index contributed by atoms with van der Waals surface area (Å²) in [7, 11) is 0. The molecule has 0 saturated carbocycles. The Morgan fingerprint density at radius 3 is 2.34 bits per heavy atom. The summed E-state index contributed by atoms with van der Waals surface area (Å²) in [6.07, 6.45) is 1.73. The number of imide groups is 1. The van der Waals surface area contributed by atoms with Crippen LogP contribution >= 0.6 is 23.4 Å². The molecule has 3 aromatic rings. The van der Waals surface area contributed by atoms with Crippen LogP contribution in [0, 0.1) is 24.0 Å². The zero-order chi connectivity index (χ0) is 23.0. The standard InChI is InChI=1S/C23H18ClN3O4S/c1-14-11-17(15(2)26(14)19-9-5-18(24)6-10-19)12-21-22(28)25(23(29)32-21)13-16-3-7-20(8-4-16)27(30)31/h3-12H,13H2,1-2H3/b21-12+. The van der Waals surface area contributed by atoms with Crippen LogP contribution in [0.15, 0.2) is 59.5 Å². The number of nitro benzene ring substituents is 1. The monoisotopic (exact) mass is 467 g/mol. The maximum Gasteiger partial charge on any atom is 0.293 e. The molecule has 0 radical (unpaired) electrons. The summed E-state index contributed by atoms with van der Waals surface area (Å²) in [5, 5.41) is 11.1. The van der Waals surface area contributed by atoms with Crippen LogP contribution in [-0.4, -0.2) is 25.5 Å². The Kier molecular flexibility index (Phi) is 5.90. The smallest absolute Gasteiger partial charge is 0.293 e. The summed E-state index contributed by atoms with van der Waals surface area (Å²) in [4.78, 5) is 37.2. The van der Waals surface area contributed by atoms with Crippen LogP contribution < -0.4 is 0 Å². The second kappa shape index (κ2) is 8.64. The van der Waals surface area contributed by atoms with E-state index >= 15 is 0 Å². The van der Waals surface area contributed by atoms with Crippen LogP contribution in [0.5, 0.6) is 0 Å². The average molecular weight is 468 g/mol. The van der Waals surface area contributed by atoms with Crippen molar-refractivity contribution in [2.75, 3.05) is 0 Å². The molecule has 1 aliphatic heterocycles. The zero-order valence-corrected chi connectivity index (χ0v) is 18.8. The number of carbonyl (C=O) groups excluding carboxylic acids is 2. The van der Waals surface area contributed by atoms with Crippen LogP contribution in [0.4, 0.5) is 10.5 Å². The maximum atomic E-state index is 12.9. The van der Waals surface area contributed by atoms with E-state index < -0.39 is 4.92 Å². The Labute approximate surface area is 193 Å². The third-order valence-corrected chi connectivity index (χ3v) is 6.36. The van der Waals surface area contributed by atoms with Gasteiger partial charge in [-0.15, -0.1) is 0 Å². The minimum Gasteiger partial charge on any atom is -0.318 e. The Bertz CT molecular complexity index is 1260. The van der Waals surface area contributed by atoms with Gasteiger partial charge in [0.1, 0.15) is 0 Å². The first-order valence-corrected chi connectivity index (χ1v) is 10.9. The molecule has 1 aliphatic rings. The first-order chi connectivity index (χ1) is 15.2. The van der Waals surface area contributed by atoms with Gasteiger partial charge in [-0.2, -0.15) is 0 Å². The number of aromatic nitrogens is 1. The van der Waals surface area contributed by atoms with E-state index in [4.69, 9.17) is 11.6 Å². The van der Waals surface area contributed by atoms with Gasteiger partial charge in [0, 0.05) is 34.2 Å². The molecule has 0 N–H and O–H groups in total. The number of amides is 2. The summed E-state index contributed by atoms with van der Waals surface area (Å²) in [5.41, 5.74) is 4.32. The summed E-state index contributed by atoms with van der Waals surface area (Å²) < 4.78 is 2.06. The van der Waals surface area contributed by atoms with Gasteiger partial charge in [-0.1, -0.05) is 23.7 Å². The highest BCUT2D eigenvalue weighted by atomic mass is 35.5. The highest BCUT2D eigenvalue weighted by Crippen LogP contribution is 2.35. The van der Waals surface area contributed by atoms with Crippen LogP contribution in [0.2, 0.25) is 5.02 Å². The molecule has 2 aromatic carbocycles. The molecular formula is C23H18ClN3O4S. The number of thioether (sulfide) groups is 1. The first kappa shape index (κ1) is 21.9. The maximum absolute atomic E-state index is 12.9. The number of nitro groups is 1. The Balaban J connectivity index is 1.58. The number of non-ortho nitro benzene ring substituents is 1. The third kappa shape index (κ3) is 4.19. The number of hydrogen-bond acceptors (Lipinski definition) is 5. The third-order valence-electron chi connectivity index (χ3n) is 5.20. The Hall–Kier alpha value is -3.36. The van der Waals surface area contributed by atoms with Crippen molar-refractivity contribution in [3.8, 4) is 5.69 Å². The molecular weight excluding hydrogens is 450 g/mol. The molecule has 7 nitrogen and oxygen atoms in total. The largest absolute Gasteiger partial charge is 0.318 e. The van der Waals surface area contributed by atoms with E-state index in [2.05, 4.69) is 4.57 Å². The number of nitrogens with zero attached hydrogens (tertiary/aromatic N) is 3. The fourth-order valence-electron chi connectivity index (χ4n) is 3.60. The molecule has 162 valence electrons. The molecule has 9 heteroatoms. The molecule has 0 bridgehead atoms. The highest BCUT2D eigenvalue weighted by Gasteiger charge is 2.35. The molecule has 2 amide bonds. The molecule has 32 heavy (non-hydrogen) atoms. The average Bonchev–Trinajstić information content (AvgIpc) is 3.18. The number of carbonyl (C=O) groups is 2. The fraction of sp³-hybridized carbons (Fsp3) is 0.130. The Morgan fingerprint density at radius 1 is 1.06 bits per heavy atom. The predicted octanol–water partition coefficient (Wildman–Crippen LogP) is 5.89. The molecule has 0 aliphatic carbocycles. The van der Waals surface area contributed by atoms with Gasteiger partial charge in [0.05, 0.1) is 16.4 Å². The van der Waals surface area contributed by atoms with Crippen molar-refractivity contribution in [1.82, 2.24) is 9.47 Å². The van der Waals surface area contributed by atoms with Crippen molar-refractivity contribution in [1.29, 1.82) is 0 Å². The lowest BCUT2D eigenvalue weighted by molar-refractivity contribution is -0.384. The molecule has 0 unspecified atom stereocenters. The van der Waals surface area contributed by atoms with E-state index in [0.717, 1.165) is 39.3 Å². The first-order valence-electron chi connectivity index (χ1n) is 9.68. The van der Waals surface area contributed by atoms with Gasteiger partial charge in [-0.05, 0) is 73.1 Å². The van der Waals surface area contributed by atoms with Crippen molar-refractivity contribution in [2.24, 2.45) is 0 Å². The van der Waals surface area contributed by atoms with Crippen LogP contribution in [-0.2, 0) is 11.3 Å². The number of halogens is 1. The van der Waals surface area contributed by atoms with E-state index in [9.17, 15) is 19.7 Å². The van der Waals surface area contributed by atoms with Crippen LogP contribution in [0.1, 0.15) is 22.5 Å². The molecule has 0 spiro atoms. The fourth-order valence-corrected chi connectivity index (χ4v) is 4.56. The van der Waals surface area contributed by atoms with Gasteiger partial charge in [0.15, 0.2) is 0 Å². The van der Waals surface area contributed by atoms with Gasteiger partial charge < -0.3 is 4.57 Å². The second-order valence-electron chi connectivity index (χ2n) is 7.33. The second-order valence-corrected chi connectivity index (χ2v) is 8.76. The molecule has 1 fully saturated rings. The molecule has 4 rings (SSSR count). The van der Waals surface area contributed by atoms with Crippen molar-refractivity contribution in [3.05, 3.63) is 97.2 Å². The minimum absolute atomic E-state index is 0.0428. The van der Waals surface area contributed by atoms with Crippen molar-refractivity contribution in [3.63, 3.8) is 0 Å². The van der Waals surface area contributed by atoms with E-state index in [1.807, 2.05) is 44.2 Å². The van der Waals surface area contributed by atoms with E-state index in [0.29, 0.717) is 15.5 Å². The van der Waals surface area contributed by atoms with Gasteiger partial charge in [-0.25, -0.2) is 0 Å². The van der Waals surface area contributed by atoms with Crippen molar-refractivity contribution >= 4 is 46.3 Å². The normalized spacial score (nSPS) is 15.1. The molecule has 1 saturated heterocycles. The molecule has 1 aromatic heterocycles. The quantitative estimate of drug-likeness (QED) is 0.265. The van der Waals surface area contributed by atoms with Crippen molar-refractivity contribution in [2.45, 2.75) is 20.4 Å². The molecule has 2 heterocycles. The van der Waals surface area contributed by atoms with Gasteiger partial charge in [0.25, 0.3) is 16.8 Å². The van der Waals surface area contributed by atoms with Gasteiger partial charge >= 0.3 is 0 Å². The van der Waals surface area contributed by atoms with Gasteiger partial charge in [0.2, 0.25) is 0 Å². The highest BCUT2D eigenvalue weighted by molar-refractivity contribution is 8.18. The zero-order valence-electron chi connectivity index (χ0n) is 17.2. The number of hydrogen-bond donors (Lipinski definition) is 0.